The van der Waals surface area contributed by atoms with Crippen molar-refractivity contribution in [1.82, 2.24) is 19.9 Å². The second-order valence-electron chi connectivity index (χ2n) is 13.6. The van der Waals surface area contributed by atoms with E-state index in [1.165, 1.54) is 13.0 Å². The van der Waals surface area contributed by atoms with Crippen molar-refractivity contribution in [2.24, 2.45) is 0 Å². The average molecular weight is 638 g/mol. The topological polar surface area (TPSA) is 101 Å². The summed E-state index contributed by atoms with van der Waals surface area (Å²) in [6.45, 7) is 8.13. The number of carbonyl (C=O) groups is 1. The number of fused-ring (bicyclic) bond motifs is 3. The number of rotatable bonds is 7. The summed E-state index contributed by atoms with van der Waals surface area (Å²) in [5.74, 6) is 2.49. The fourth-order valence-electron chi connectivity index (χ4n) is 8.05. The Morgan fingerprint density at radius 3 is 2.79 bits per heavy atom. The lowest BCUT2D eigenvalue weighted by molar-refractivity contribution is -0.142. The summed E-state index contributed by atoms with van der Waals surface area (Å²) in [5.41, 5.74) is 2.01. The predicted molar refractivity (Wildman–Crippen MR) is 179 cm³/mol. The summed E-state index contributed by atoms with van der Waals surface area (Å²) in [4.78, 5) is 30.9. The zero-order valence-electron chi connectivity index (χ0n) is 27.2. The number of esters is 1. The molecule has 9 nitrogen and oxygen atoms in total. The number of hydrogen-bond donors (Lipinski definition) is 1. The van der Waals surface area contributed by atoms with E-state index in [0.717, 1.165) is 67.1 Å². The van der Waals surface area contributed by atoms with Crippen LogP contribution in [-0.4, -0.2) is 81.0 Å². The number of halogens is 1. The number of β-amino-alcohol motifs (C(OH)–C–C–N with tert-alkyl or cyclic N) is 1. The van der Waals surface area contributed by atoms with Crippen molar-refractivity contribution in [3.8, 4) is 29.6 Å². The fourth-order valence-corrected chi connectivity index (χ4v) is 8.05. The minimum atomic E-state index is -0.859. The first kappa shape index (κ1) is 31.3. The van der Waals surface area contributed by atoms with Gasteiger partial charge in [-0.15, -0.1) is 6.42 Å². The van der Waals surface area contributed by atoms with Crippen molar-refractivity contribution in [2.45, 2.75) is 76.5 Å². The van der Waals surface area contributed by atoms with E-state index in [2.05, 4.69) is 15.7 Å². The predicted octanol–water partition coefficient (Wildman–Crippen LogP) is 5.56. The van der Waals surface area contributed by atoms with Gasteiger partial charge in [0.05, 0.1) is 33.3 Å². The molecule has 47 heavy (non-hydrogen) atoms. The van der Waals surface area contributed by atoms with Gasteiger partial charge in [0.25, 0.3) is 0 Å². The molecule has 4 aromatic rings. The standard InChI is InChI=1S/C37H40FN5O4/c1-5-27-30(38)12-11-25-9-6-10-28(31(25)27)32-23(2)33-29(19-39-32)34(42-17-7-14-36(4,45)21-42)41-35(40-33)47-22-37-15-8-18-43(37)26(13-16-37)20-46-24(3)44/h1,6,9-12,19,26,45H,7-8,13-18,20-22H2,2-4H3/t26-,36+,37-/m0/s1. The van der Waals surface area contributed by atoms with E-state index in [0.29, 0.717) is 48.6 Å². The molecule has 2 aromatic heterocycles. The maximum Gasteiger partial charge on any atom is 0.319 e. The number of anilines is 1. The van der Waals surface area contributed by atoms with Gasteiger partial charge in [0.2, 0.25) is 0 Å². The highest BCUT2D eigenvalue weighted by molar-refractivity contribution is 6.03. The van der Waals surface area contributed by atoms with Crippen LogP contribution in [0.5, 0.6) is 6.01 Å². The lowest BCUT2D eigenvalue weighted by Gasteiger charge is -2.38. The van der Waals surface area contributed by atoms with Crippen molar-refractivity contribution in [1.29, 1.82) is 0 Å². The molecule has 0 bridgehead atoms. The van der Waals surface area contributed by atoms with Gasteiger partial charge >= 0.3 is 12.0 Å². The van der Waals surface area contributed by atoms with Gasteiger partial charge in [0.1, 0.15) is 24.8 Å². The third-order valence-electron chi connectivity index (χ3n) is 10.3. The van der Waals surface area contributed by atoms with Crippen molar-refractivity contribution in [2.75, 3.05) is 37.7 Å². The molecular weight excluding hydrogens is 597 g/mol. The van der Waals surface area contributed by atoms with Crippen LogP contribution in [0.4, 0.5) is 10.2 Å². The molecule has 0 amide bonds. The number of pyridine rings is 1. The molecule has 3 atom stereocenters. The summed E-state index contributed by atoms with van der Waals surface area (Å²) < 4.78 is 26.8. The number of benzene rings is 2. The molecule has 0 saturated carbocycles. The van der Waals surface area contributed by atoms with Gasteiger partial charge in [-0.2, -0.15) is 9.97 Å². The van der Waals surface area contributed by atoms with Gasteiger partial charge in [0.15, 0.2) is 0 Å². The molecule has 7 rings (SSSR count). The number of nitrogens with zero attached hydrogens (tertiary/aromatic N) is 5. The Hall–Kier alpha value is -4.33. The zero-order chi connectivity index (χ0) is 32.9. The fraction of sp³-hybridized carbons (Fsp3) is 0.459. The lowest BCUT2D eigenvalue weighted by Crippen LogP contribution is -2.48. The van der Waals surface area contributed by atoms with Crippen LogP contribution in [0.2, 0.25) is 0 Å². The Kier molecular flexibility index (Phi) is 8.01. The monoisotopic (exact) mass is 637 g/mol. The van der Waals surface area contributed by atoms with Crippen LogP contribution in [0, 0.1) is 25.1 Å². The molecule has 3 aliphatic heterocycles. The normalized spacial score (nSPS) is 24.4. The molecule has 0 unspecified atom stereocenters. The van der Waals surface area contributed by atoms with Crippen molar-refractivity contribution in [3.63, 3.8) is 0 Å². The van der Waals surface area contributed by atoms with Gasteiger partial charge in [-0.05, 0) is 70.4 Å². The highest BCUT2D eigenvalue weighted by Gasteiger charge is 2.50. The number of piperidine rings is 1. The molecule has 0 aliphatic carbocycles. The van der Waals surface area contributed by atoms with Crippen LogP contribution in [0.25, 0.3) is 32.9 Å². The molecule has 0 spiro atoms. The maximum atomic E-state index is 14.9. The molecule has 1 N–H and O–H groups in total. The number of carbonyl (C=O) groups excluding carboxylic acids is 1. The number of terminal acetylenes is 1. The Labute approximate surface area is 274 Å². The third-order valence-corrected chi connectivity index (χ3v) is 10.3. The molecule has 0 radical (unpaired) electrons. The average Bonchev–Trinajstić information content (AvgIpc) is 3.61. The first-order chi connectivity index (χ1) is 22.6. The van der Waals surface area contributed by atoms with Crippen molar-refractivity contribution in [3.05, 3.63) is 53.5 Å². The van der Waals surface area contributed by atoms with Crippen LogP contribution >= 0.6 is 0 Å². The van der Waals surface area contributed by atoms with Crippen molar-refractivity contribution >= 4 is 33.5 Å². The number of aromatic nitrogens is 3. The van der Waals surface area contributed by atoms with Crippen LogP contribution in [0.15, 0.2) is 36.5 Å². The molecule has 3 saturated heterocycles. The van der Waals surface area contributed by atoms with Crippen LogP contribution in [-0.2, 0) is 9.53 Å². The number of aryl methyl sites for hydroxylation is 1. The second kappa shape index (κ2) is 12.0. The molecular formula is C37H40FN5O4. The number of hydrogen-bond acceptors (Lipinski definition) is 9. The van der Waals surface area contributed by atoms with Crippen molar-refractivity contribution < 1.29 is 23.8 Å². The van der Waals surface area contributed by atoms with Gasteiger partial charge in [-0.1, -0.05) is 30.2 Å². The minimum absolute atomic E-state index is 0.169. The number of aliphatic hydroxyl groups is 1. The van der Waals surface area contributed by atoms with Gasteiger partial charge in [0, 0.05) is 48.8 Å². The minimum Gasteiger partial charge on any atom is -0.464 e. The molecule has 5 heterocycles. The largest absolute Gasteiger partial charge is 0.464 e. The summed E-state index contributed by atoms with van der Waals surface area (Å²) in [7, 11) is 0. The quantitative estimate of drug-likeness (QED) is 0.206. The Balaban J connectivity index is 1.31. The summed E-state index contributed by atoms with van der Waals surface area (Å²) in [6, 6.07) is 9.29. The third kappa shape index (κ3) is 5.66. The molecule has 10 heteroatoms. The van der Waals surface area contributed by atoms with E-state index in [9.17, 15) is 14.3 Å². The van der Waals surface area contributed by atoms with Gasteiger partial charge in [-0.25, -0.2) is 4.39 Å². The van der Waals surface area contributed by atoms with E-state index in [-0.39, 0.29) is 29.1 Å². The number of ether oxygens (including phenoxy) is 2. The van der Waals surface area contributed by atoms with E-state index in [1.54, 1.807) is 12.3 Å². The molecule has 244 valence electrons. The highest BCUT2D eigenvalue weighted by Crippen LogP contribution is 2.43. The van der Waals surface area contributed by atoms with Gasteiger partial charge in [-0.3, -0.25) is 14.7 Å². The first-order valence-corrected chi connectivity index (χ1v) is 16.4. The zero-order valence-corrected chi connectivity index (χ0v) is 27.2. The SMILES string of the molecule is C#Cc1c(F)ccc2cccc(-c3ncc4c(N5CCC[C@@](C)(O)C5)nc(OC[C@@]56CCCN5[C@H](COC(C)=O)CC6)nc4c3C)c12. The summed E-state index contributed by atoms with van der Waals surface area (Å²) >= 11 is 0. The molecule has 2 aromatic carbocycles. The van der Waals surface area contributed by atoms with Crippen LogP contribution in [0.1, 0.15) is 63.5 Å². The smallest absolute Gasteiger partial charge is 0.319 e. The Morgan fingerprint density at radius 1 is 1.17 bits per heavy atom. The van der Waals surface area contributed by atoms with E-state index in [4.69, 9.17) is 30.8 Å². The van der Waals surface area contributed by atoms with E-state index < -0.39 is 11.4 Å². The molecule has 3 aliphatic rings. The molecule has 3 fully saturated rings. The highest BCUT2D eigenvalue weighted by atomic mass is 19.1. The van der Waals surface area contributed by atoms with E-state index in [1.807, 2.05) is 32.0 Å². The second-order valence-corrected chi connectivity index (χ2v) is 13.6. The summed E-state index contributed by atoms with van der Waals surface area (Å²) in [6.07, 6.45) is 13.0. The first-order valence-electron chi connectivity index (χ1n) is 16.4. The summed E-state index contributed by atoms with van der Waals surface area (Å²) in [5, 5.41) is 13.2. The Morgan fingerprint density at radius 2 is 2.00 bits per heavy atom. The van der Waals surface area contributed by atoms with Gasteiger partial charge < -0.3 is 19.5 Å². The van der Waals surface area contributed by atoms with E-state index >= 15 is 0 Å². The van der Waals surface area contributed by atoms with Crippen LogP contribution in [0.3, 0.4) is 0 Å². The van der Waals surface area contributed by atoms with Crippen LogP contribution < -0.4 is 9.64 Å². The lowest BCUT2D eigenvalue weighted by atomic mass is 9.94. The maximum absolute atomic E-state index is 14.9. The Bertz CT molecular complexity index is 1920.